The number of likely N-dealkylation sites (tertiary alicyclic amines) is 1. The smallest absolute Gasteiger partial charge is 0.260 e. The maximum atomic E-state index is 12.3. The second-order valence-electron chi connectivity index (χ2n) is 7.17. The molecule has 0 aliphatic carbocycles. The maximum absolute atomic E-state index is 12.3. The third-order valence-corrected chi connectivity index (χ3v) is 5.00. The van der Waals surface area contributed by atoms with Crippen molar-refractivity contribution in [1.29, 1.82) is 0 Å². The van der Waals surface area contributed by atoms with Crippen molar-refractivity contribution in [2.45, 2.75) is 45.6 Å². The zero-order chi connectivity index (χ0) is 20.4. The van der Waals surface area contributed by atoms with Gasteiger partial charge in [-0.05, 0) is 38.3 Å². The van der Waals surface area contributed by atoms with Crippen molar-refractivity contribution in [2.24, 2.45) is 5.92 Å². The number of carbonyl (C=O) groups excluding carboxylic acids is 3. The van der Waals surface area contributed by atoms with Crippen LogP contribution in [0.15, 0.2) is 30.3 Å². The van der Waals surface area contributed by atoms with E-state index in [1.165, 1.54) is 0 Å². The lowest BCUT2D eigenvalue weighted by Crippen LogP contribution is -2.45. The summed E-state index contributed by atoms with van der Waals surface area (Å²) in [5, 5.41) is 5.72. The second kappa shape index (κ2) is 11.3. The molecular formula is C21H31N3O4. The fraction of sp³-hybridized carbons (Fsp3) is 0.571. The zero-order valence-corrected chi connectivity index (χ0v) is 16.8. The van der Waals surface area contributed by atoms with E-state index in [1.54, 1.807) is 4.90 Å². The number of benzene rings is 1. The highest BCUT2D eigenvalue weighted by Gasteiger charge is 2.27. The standard InChI is InChI=1S/C21H31N3O4/c1-3-16(2)23-19(25)9-12-22-21(27)17-10-13-24(14-11-17)20(26)15-28-18-7-5-4-6-8-18/h4-8,16-17H,3,9-15H2,1-2H3,(H,22,27)(H,23,25). The van der Waals surface area contributed by atoms with Crippen molar-refractivity contribution in [1.82, 2.24) is 15.5 Å². The number of hydrogen-bond acceptors (Lipinski definition) is 4. The van der Waals surface area contributed by atoms with Crippen LogP contribution in [0.3, 0.4) is 0 Å². The van der Waals surface area contributed by atoms with Gasteiger partial charge in [0.05, 0.1) is 0 Å². The van der Waals surface area contributed by atoms with Crippen molar-refractivity contribution in [3.63, 3.8) is 0 Å². The lowest BCUT2D eigenvalue weighted by atomic mass is 9.96. The molecule has 0 saturated carbocycles. The molecule has 1 unspecified atom stereocenters. The molecule has 1 aliphatic rings. The van der Waals surface area contributed by atoms with E-state index in [0.717, 1.165) is 6.42 Å². The van der Waals surface area contributed by atoms with Crippen molar-refractivity contribution in [2.75, 3.05) is 26.2 Å². The van der Waals surface area contributed by atoms with Gasteiger partial charge in [-0.25, -0.2) is 0 Å². The molecule has 28 heavy (non-hydrogen) atoms. The number of para-hydroxylation sites is 1. The van der Waals surface area contributed by atoms with Gasteiger partial charge in [0.15, 0.2) is 6.61 Å². The van der Waals surface area contributed by atoms with E-state index in [0.29, 0.717) is 38.2 Å². The summed E-state index contributed by atoms with van der Waals surface area (Å²) in [6, 6.07) is 9.38. The summed E-state index contributed by atoms with van der Waals surface area (Å²) in [5.41, 5.74) is 0. The first-order valence-corrected chi connectivity index (χ1v) is 10.0. The minimum absolute atomic E-state index is 0.00612. The molecule has 0 radical (unpaired) electrons. The van der Waals surface area contributed by atoms with Gasteiger partial charge in [-0.2, -0.15) is 0 Å². The van der Waals surface area contributed by atoms with Gasteiger partial charge in [0.1, 0.15) is 5.75 Å². The molecule has 0 bridgehead atoms. The summed E-state index contributed by atoms with van der Waals surface area (Å²) in [5.74, 6) is 0.404. The Labute approximate surface area is 166 Å². The number of nitrogens with zero attached hydrogens (tertiary/aromatic N) is 1. The third-order valence-electron chi connectivity index (χ3n) is 5.00. The maximum Gasteiger partial charge on any atom is 0.260 e. The normalized spacial score (nSPS) is 15.6. The number of ether oxygens (including phenoxy) is 1. The largest absolute Gasteiger partial charge is 0.484 e. The van der Waals surface area contributed by atoms with E-state index >= 15 is 0 Å². The van der Waals surface area contributed by atoms with Crippen LogP contribution in [0.2, 0.25) is 0 Å². The molecule has 154 valence electrons. The number of rotatable bonds is 9. The van der Waals surface area contributed by atoms with Crippen molar-refractivity contribution in [3.05, 3.63) is 30.3 Å². The Kier molecular flexibility index (Phi) is 8.78. The molecule has 3 amide bonds. The average molecular weight is 389 g/mol. The minimum Gasteiger partial charge on any atom is -0.484 e. The van der Waals surface area contributed by atoms with E-state index in [-0.39, 0.29) is 42.7 Å². The highest BCUT2D eigenvalue weighted by molar-refractivity contribution is 5.81. The Bertz CT molecular complexity index is 642. The van der Waals surface area contributed by atoms with Crippen LogP contribution in [0, 0.1) is 5.92 Å². The molecule has 1 atom stereocenters. The van der Waals surface area contributed by atoms with Gasteiger partial charge in [0, 0.05) is 38.0 Å². The van der Waals surface area contributed by atoms with E-state index in [1.807, 2.05) is 44.2 Å². The molecule has 1 aromatic rings. The van der Waals surface area contributed by atoms with Gasteiger partial charge in [-0.15, -0.1) is 0 Å². The molecule has 7 heteroatoms. The summed E-state index contributed by atoms with van der Waals surface area (Å²) >= 11 is 0. The van der Waals surface area contributed by atoms with Gasteiger partial charge >= 0.3 is 0 Å². The Morgan fingerprint density at radius 2 is 1.86 bits per heavy atom. The van der Waals surface area contributed by atoms with E-state index in [9.17, 15) is 14.4 Å². The summed E-state index contributed by atoms with van der Waals surface area (Å²) in [6.45, 7) is 5.40. The summed E-state index contributed by atoms with van der Waals surface area (Å²) < 4.78 is 5.50. The molecular weight excluding hydrogens is 358 g/mol. The van der Waals surface area contributed by atoms with Crippen LogP contribution in [0.4, 0.5) is 0 Å². The highest BCUT2D eigenvalue weighted by Crippen LogP contribution is 2.18. The molecule has 2 rings (SSSR count). The summed E-state index contributed by atoms with van der Waals surface area (Å²) in [7, 11) is 0. The predicted molar refractivity (Wildman–Crippen MR) is 107 cm³/mol. The minimum atomic E-state index is -0.114. The van der Waals surface area contributed by atoms with Crippen LogP contribution in [0.5, 0.6) is 5.75 Å². The van der Waals surface area contributed by atoms with Crippen molar-refractivity contribution in [3.8, 4) is 5.75 Å². The highest BCUT2D eigenvalue weighted by atomic mass is 16.5. The quantitative estimate of drug-likeness (QED) is 0.673. The molecule has 0 spiro atoms. The zero-order valence-electron chi connectivity index (χ0n) is 16.8. The molecule has 1 fully saturated rings. The fourth-order valence-electron chi connectivity index (χ4n) is 3.04. The third kappa shape index (κ3) is 7.21. The molecule has 1 saturated heterocycles. The van der Waals surface area contributed by atoms with Crippen molar-refractivity contribution >= 4 is 17.7 Å². The van der Waals surface area contributed by atoms with Gasteiger partial charge in [-0.1, -0.05) is 25.1 Å². The van der Waals surface area contributed by atoms with Gasteiger partial charge < -0.3 is 20.3 Å². The Balaban J connectivity index is 1.63. The van der Waals surface area contributed by atoms with Crippen LogP contribution in [-0.4, -0.2) is 54.9 Å². The monoisotopic (exact) mass is 389 g/mol. The topological polar surface area (TPSA) is 87.7 Å². The van der Waals surface area contributed by atoms with Crippen LogP contribution < -0.4 is 15.4 Å². The van der Waals surface area contributed by atoms with Crippen molar-refractivity contribution < 1.29 is 19.1 Å². The molecule has 7 nitrogen and oxygen atoms in total. The second-order valence-corrected chi connectivity index (χ2v) is 7.17. The van der Waals surface area contributed by atoms with Crippen LogP contribution >= 0.6 is 0 Å². The van der Waals surface area contributed by atoms with Gasteiger partial charge in [0.2, 0.25) is 11.8 Å². The lowest BCUT2D eigenvalue weighted by Gasteiger charge is -2.31. The molecule has 1 aromatic carbocycles. The van der Waals surface area contributed by atoms with Crippen LogP contribution in [0.25, 0.3) is 0 Å². The summed E-state index contributed by atoms with van der Waals surface area (Å²) in [6.07, 6.45) is 2.42. The Morgan fingerprint density at radius 3 is 2.50 bits per heavy atom. The van der Waals surface area contributed by atoms with Crippen LogP contribution in [0.1, 0.15) is 39.5 Å². The van der Waals surface area contributed by atoms with E-state index in [2.05, 4.69) is 10.6 Å². The summed E-state index contributed by atoms with van der Waals surface area (Å²) in [4.78, 5) is 38.0. The van der Waals surface area contributed by atoms with Crippen LogP contribution in [-0.2, 0) is 14.4 Å². The number of hydrogen-bond donors (Lipinski definition) is 2. The van der Waals surface area contributed by atoms with Gasteiger partial charge in [0.25, 0.3) is 5.91 Å². The average Bonchev–Trinajstić information content (AvgIpc) is 2.72. The number of piperidine rings is 1. The first-order chi connectivity index (χ1) is 13.5. The number of nitrogens with one attached hydrogen (secondary N) is 2. The molecule has 1 aliphatic heterocycles. The molecule has 0 aromatic heterocycles. The first-order valence-electron chi connectivity index (χ1n) is 10.0. The van der Waals surface area contributed by atoms with E-state index in [4.69, 9.17) is 4.74 Å². The van der Waals surface area contributed by atoms with Gasteiger partial charge in [-0.3, -0.25) is 14.4 Å². The fourth-order valence-corrected chi connectivity index (χ4v) is 3.04. The molecule has 1 heterocycles. The number of carbonyl (C=O) groups is 3. The Morgan fingerprint density at radius 1 is 1.18 bits per heavy atom. The SMILES string of the molecule is CCC(C)NC(=O)CCNC(=O)C1CCN(C(=O)COc2ccccc2)CC1. The Hall–Kier alpha value is -2.57. The first kappa shape index (κ1) is 21.7. The predicted octanol–water partition coefficient (Wildman–Crippen LogP) is 1.73. The number of amides is 3. The lowest BCUT2D eigenvalue weighted by molar-refractivity contribution is -0.137. The molecule has 2 N–H and O–H groups in total. The van der Waals surface area contributed by atoms with E-state index < -0.39 is 0 Å².